The maximum atomic E-state index is 10.7. The Hall–Kier alpha value is -8.37. The topological polar surface area (TPSA) is 86.2 Å². The first-order valence-corrected chi connectivity index (χ1v) is 18.7. The Labute approximate surface area is 326 Å². The van der Waals surface area contributed by atoms with Crippen LogP contribution in [0.2, 0.25) is 0 Å². The molecular weight excluding hydrogens is 697 g/mol. The van der Waals surface area contributed by atoms with Crippen molar-refractivity contribution in [2.75, 3.05) is 0 Å². The molecule has 6 nitrogen and oxygen atoms in total. The molecule has 0 aliphatic carbocycles. The van der Waals surface area contributed by atoms with Crippen LogP contribution in [0.3, 0.4) is 0 Å². The van der Waals surface area contributed by atoms with Crippen molar-refractivity contribution in [3.8, 4) is 46.4 Å². The lowest BCUT2D eigenvalue weighted by atomic mass is 10.00. The molecule has 6 heteroatoms. The predicted octanol–water partition coefficient (Wildman–Crippen LogP) is 12.3. The monoisotopic (exact) mass is 724 g/mol. The van der Waals surface area contributed by atoms with E-state index in [0.29, 0.717) is 16.7 Å². The van der Waals surface area contributed by atoms with Crippen LogP contribution in [0.15, 0.2) is 170 Å². The number of nitriles is 3. The van der Waals surface area contributed by atoms with Gasteiger partial charge in [0.1, 0.15) is 6.07 Å². The van der Waals surface area contributed by atoms with Gasteiger partial charge in [-0.15, -0.1) is 0 Å². The summed E-state index contributed by atoms with van der Waals surface area (Å²) in [6, 6.07) is 64.7. The zero-order valence-corrected chi connectivity index (χ0v) is 30.3. The Bertz CT molecular complexity index is 3580. The highest BCUT2D eigenvalue weighted by atomic mass is 15.0. The smallest absolute Gasteiger partial charge is 0.101 e. The molecule has 0 N–H and O–H groups in total. The van der Waals surface area contributed by atoms with Gasteiger partial charge in [-0.2, -0.15) is 15.8 Å². The van der Waals surface area contributed by atoms with Crippen molar-refractivity contribution in [3.63, 3.8) is 0 Å². The SMILES string of the molecule is N#Cc1ccc2c(c1)c1ccccc1n2-c1cccc2c1c1cc(C#N)ccc1n2-c1ccccc1-c1ccc(-n2c3ccccc3c3ccccc32)c(C#N)c1. The molecule has 0 radical (unpaired) electrons. The quantitative estimate of drug-likeness (QED) is 0.181. The zero-order chi connectivity index (χ0) is 38.2. The number of hydrogen-bond acceptors (Lipinski definition) is 3. The molecule has 0 bridgehead atoms. The molecule has 0 unspecified atom stereocenters. The first kappa shape index (κ1) is 32.1. The molecule has 0 aliphatic rings. The summed E-state index contributed by atoms with van der Waals surface area (Å²) in [6.07, 6.45) is 0. The molecular formula is C51H28N6. The average Bonchev–Trinajstić information content (AvgIpc) is 3.91. The maximum absolute atomic E-state index is 10.7. The molecule has 0 atom stereocenters. The largest absolute Gasteiger partial charge is 0.309 e. The molecule has 0 saturated carbocycles. The summed E-state index contributed by atoms with van der Waals surface area (Å²) >= 11 is 0. The van der Waals surface area contributed by atoms with Crippen LogP contribution in [-0.2, 0) is 0 Å². The second kappa shape index (κ2) is 12.3. The van der Waals surface area contributed by atoms with E-state index in [1.165, 1.54) is 0 Å². The zero-order valence-electron chi connectivity index (χ0n) is 30.3. The number of nitrogens with zero attached hydrogens (tertiary/aromatic N) is 6. The maximum Gasteiger partial charge on any atom is 0.101 e. The molecule has 57 heavy (non-hydrogen) atoms. The van der Waals surface area contributed by atoms with Crippen molar-refractivity contribution in [2.24, 2.45) is 0 Å². The minimum atomic E-state index is 0.572. The molecule has 0 saturated heterocycles. The van der Waals surface area contributed by atoms with E-state index in [2.05, 4.69) is 123 Å². The summed E-state index contributed by atoms with van der Waals surface area (Å²) in [5.74, 6) is 0. The van der Waals surface area contributed by atoms with Crippen molar-refractivity contribution in [1.82, 2.24) is 13.7 Å². The van der Waals surface area contributed by atoms with E-state index in [9.17, 15) is 15.8 Å². The minimum Gasteiger partial charge on any atom is -0.309 e. The second-order valence-corrected chi connectivity index (χ2v) is 14.3. The minimum absolute atomic E-state index is 0.572. The number of hydrogen-bond donors (Lipinski definition) is 0. The van der Waals surface area contributed by atoms with Gasteiger partial charge >= 0.3 is 0 Å². The Balaban J connectivity index is 1.17. The van der Waals surface area contributed by atoms with Gasteiger partial charge in [0.15, 0.2) is 0 Å². The molecule has 11 rings (SSSR count). The summed E-state index contributed by atoms with van der Waals surface area (Å²) in [5.41, 5.74) is 12.5. The van der Waals surface area contributed by atoms with Gasteiger partial charge in [0.2, 0.25) is 0 Å². The number of fused-ring (bicyclic) bond motifs is 9. The predicted molar refractivity (Wildman–Crippen MR) is 229 cm³/mol. The number of rotatable bonds is 4. The van der Waals surface area contributed by atoms with Crippen molar-refractivity contribution in [3.05, 3.63) is 187 Å². The Morgan fingerprint density at radius 2 is 0.825 bits per heavy atom. The van der Waals surface area contributed by atoms with Gasteiger partial charge in [-0.05, 0) is 90.5 Å². The second-order valence-electron chi connectivity index (χ2n) is 14.3. The summed E-state index contributed by atoms with van der Waals surface area (Å²) in [7, 11) is 0. The van der Waals surface area contributed by atoms with Crippen LogP contribution in [0.5, 0.6) is 0 Å². The number of aromatic nitrogens is 3. The number of para-hydroxylation sites is 4. The molecule has 0 fully saturated rings. The third-order valence-electron chi connectivity index (χ3n) is 11.3. The highest BCUT2D eigenvalue weighted by molar-refractivity contribution is 6.17. The molecule has 262 valence electrons. The van der Waals surface area contributed by atoms with Gasteiger partial charge < -0.3 is 13.7 Å². The van der Waals surface area contributed by atoms with Gasteiger partial charge in [-0.3, -0.25) is 0 Å². The van der Waals surface area contributed by atoms with Crippen molar-refractivity contribution >= 4 is 65.4 Å². The lowest BCUT2D eigenvalue weighted by Crippen LogP contribution is -2.00. The summed E-state index contributed by atoms with van der Waals surface area (Å²) in [5, 5.41) is 36.9. The van der Waals surface area contributed by atoms with Crippen LogP contribution in [0.4, 0.5) is 0 Å². The fourth-order valence-electron chi connectivity index (χ4n) is 8.95. The van der Waals surface area contributed by atoms with E-state index in [-0.39, 0.29) is 0 Å². The van der Waals surface area contributed by atoms with Crippen molar-refractivity contribution in [2.45, 2.75) is 0 Å². The lowest BCUT2D eigenvalue weighted by Gasteiger charge is -2.16. The van der Waals surface area contributed by atoms with Crippen LogP contribution in [0.1, 0.15) is 16.7 Å². The third-order valence-corrected chi connectivity index (χ3v) is 11.3. The summed E-state index contributed by atoms with van der Waals surface area (Å²) < 4.78 is 6.74. The molecule has 8 aromatic carbocycles. The van der Waals surface area contributed by atoms with E-state index >= 15 is 0 Å². The summed E-state index contributed by atoms with van der Waals surface area (Å²) in [4.78, 5) is 0. The summed E-state index contributed by atoms with van der Waals surface area (Å²) in [6.45, 7) is 0. The van der Waals surface area contributed by atoms with Crippen LogP contribution in [-0.4, -0.2) is 13.7 Å². The van der Waals surface area contributed by atoms with E-state index in [1.54, 1.807) is 0 Å². The number of benzene rings is 8. The van der Waals surface area contributed by atoms with Crippen molar-refractivity contribution < 1.29 is 0 Å². The van der Waals surface area contributed by atoms with Crippen molar-refractivity contribution in [1.29, 1.82) is 15.8 Å². The Morgan fingerprint density at radius 3 is 1.47 bits per heavy atom. The lowest BCUT2D eigenvalue weighted by molar-refractivity contribution is 1.16. The van der Waals surface area contributed by atoms with Gasteiger partial charge in [0, 0.05) is 37.9 Å². The standard InChI is InChI=1S/C51H28N6/c52-29-32-20-23-47-40(26-32)39-13-4-8-17-46(39)57(47)50-19-9-18-49-51(50)41-27-33(30-53)21-24-48(41)56(49)43-14-5-1-10-36(43)34-22-25-42(35(28-34)31-54)55-44-15-6-2-11-37(44)38-12-3-7-16-45(38)55/h1-28H. The van der Waals surface area contributed by atoms with E-state index in [0.717, 1.165) is 93.6 Å². The molecule has 3 aromatic heterocycles. The van der Waals surface area contributed by atoms with Crippen LogP contribution < -0.4 is 0 Å². The highest BCUT2D eigenvalue weighted by Crippen LogP contribution is 2.42. The molecule has 0 aliphatic heterocycles. The normalized spacial score (nSPS) is 11.5. The first-order valence-electron chi connectivity index (χ1n) is 18.7. The Morgan fingerprint density at radius 1 is 0.333 bits per heavy atom. The first-order chi connectivity index (χ1) is 28.2. The molecule has 11 aromatic rings. The fraction of sp³-hybridized carbons (Fsp3) is 0. The fourth-order valence-corrected chi connectivity index (χ4v) is 8.95. The average molecular weight is 725 g/mol. The van der Waals surface area contributed by atoms with Crippen LogP contribution in [0, 0.1) is 34.0 Å². The molecule has 0 amide bonds. The van der Waals surface area contributed by atoms with Crippen LogP contribution in [0.25, 0.3) is 93.6 Å². The Kier molecular flexibility index (Phi) is 6.95. The molecule has 0 spiro atoms. The van der Waals surface area contributed by atoms with E-state index in [1.807, 2.05) is 78.9 Å². The van der Waals surface area contributed by atoms with Crippen LogP contribution >= 0.6 is 0 Å². The molecule has 3 heterocycles. The van der Waals surface area contributed by atoms with E-state index < -0.39 is 0 Å². The van der Waals surface area contributed by atoms with Gasteiger partial charge in [0.05, 0.1) is 79.0 Å². The van der Waals surface area contributed by atoms with E-state index in [4.69, 9.17) is 0 Å². The highest BCUT2D eigenvalue weighted by Gasteiger charge is 2.22. The van der Waals surface area contributed by atoms with Gasteiger partial charge in [0.25, 0.3) is 0 Å². The third kappa shape index (κ3) is 4.61. The van der Waals surface area contributed by atoms with Gasteiger partial charge in [-0.25, -0.2) is 0 Å². The van der Waals surface area contributed by atoms with Gasteiger partial charge in [-0.1, -0.05) is 84.9 Å².